The van der Waals surface area contributed by atoms with Crippen molar-refractivity contribution in [1.82, 2.24) is 10.2 Å². The Morgan fingerprint density at radius 3 is 2.64 bits per heavy atom. The normalized spacial score (nSPS) is 19.9. The molecule has 25 heavy (non-hydrogen) atoms. The van der Waals surface area contributed by atoms with Gasteiger partial charge in [0, 0.05) is 31.1 Å². The summed E-state index contributed by atoms with van der Waals surface area (Å²) in [6, 6.07) is 4.89. The predicted molar refractivity (Wildman–Crippen MR) is 94.0 cm³/mol. The molecule has 3 rings (SSSR count). The van der Waals surface area contributed by atoms with Crippen LogP contribution >= 0.6 is 0 Å². The zero-order valence-electron chi connectivity index (χ0n) is 14.7. The molecule has 0 aromatic heterocycles. The number of likely N-dealkylation sites (tertiary alicyclic amines) is 1. The number of benzene rings is 1. The van der Waals surface area contributed by atoms with Crippen molar-refractivity contribution in [2.45, 2.75) is 31.7 Å². The Kier molecular flexibility index (Phi) is 5.31. The summed E-state index contributed by atoms with van der Waals surface area (Å²) in [4.78, 5) is 26.4. The number of ether oxygens (including phenoxy) is 2. The minimum Gasteiger partial charge on any atom is -0.497 e. The first-order chi connectivity index (χ1) is 12.1. The molecule has 0 radical (unpaired) electrons. The second kappa shape index (κ2) is 7.63. The molecule has 136 valence electrons. The number of anilines is 1. The van der Waals surface area contributed by atoms with E-state index < -0.39 is 0 Å². The maximum Gasteiger partial charge on any atom is 0.319 e. The van der Waals surface area contributed by atoms with Crippen LogP contribution in [0.3, 0.4) is 0 Å². The zero-order chi connectivity index (χ0) is 17.8. The van der Waals surface area contributed by atoms with Crippen LogP contribution in [-0.4, -0.2) is 50.2 Å². The molecule has 1 heterocycles. The number of nitrogens with zero attached hydrogens (tertiary/aromatic N) is 1. The molecule has 7 nitrogen and oxygen atoms in total. The molecule has 1 aromatic carbocycles. The van der Waals surface area contributed by atoms with E-state index in [1.165, 1.54) is 0 Å². The Morgan fingerprint density at radius 2 is 1.96 bits per heavy atom. The van der Waals surface area contributed by atoms with Crippen LogP contribution in [0.1, 0.15) is 25.7 Å². The van der Waals surface area contributed by atoms with Crippen molar-refractivity contribution in [2.24, 2.45) is 5.92 Å². The quantitative estimate of drug-likeness (QED) is 0.856. The van der Waals surface area contributed by atoms with E-state index in [0.29, 0.717) is 23.7 Å². The standard InChI is InChI=1S/C18H25N3O4/c1-24-14-7-8-15(16(10-14)25-2)20-18(23)19-13-4-3-9-21(11-13)17(22)12-5-6-12/h7-8,10,12-13H,3-6,9,11H2,1-2H3,(H2,19,20,23)/t13-/m1/s1. The highest BCUT2D eigenvalue weighted by Crippen LogP contribution is 2.32. The van der Waals surface area contributed by atoms with Gasteiger partial charge in [0.1, 0.15) is 11.5 Å². The summed E-state index contributed by atoms with van der Waals surface area (Å²) < 4.78 is 10.4. The number of methoxy groups -OCH3 is 2. The van der Waals surface area contributed by atoms with Gasteiger partial charge in [-0.2, -0.15) is 0 Å². The summed E-state index contributed by atoms with van der Waals surface area (Å²) >= 11 is 0. The third kappa shape index (κ3) is 4.35. The van der Waals surface area contributed by atoms with Gasteiger partial charge in [-0.15, -0.1) is 0 Å². The molecular weight excluding hydrogens is 322 g/mol. The molecule has 1 aliphatic heterocycles. The van der Waals surface area contributed by atoms with Crippen LogP contribution in [0.2, 0.25) is 0 Å². The van der Waals surface area contributed by atoms with Crippen LogP contribution in [0.15, 0.2) is 18.2 Å². The third-order valence-corrected chi connectivity index (χ3v) is 4.65. The van der Waals surface area contributed by atoms with Crippen molar-refractivity contribution >= 4 is 17.6 Å². The molecular formula is C18H25N3O4. The van der Waals surface area contributed by atoms with Gasteiger partial charge in [0.05, 0.1) is 19.9 Å². The second-order valence-electron chi connectivity index (χ2n) is 6.56. The molecule has 1 saturated carbocycles. The van der Waals surface area contributed by atoms with E-state index >= 15 is 0 Å². The van der Waals surface area contributed by atoms with Crippen molar-refractivity contribution in [2.75, 3.05) is 32.6 Å². The van der Waals surface area contributed by atoms with Crippen LogP contribution in [0, 0.1) is 5.92 Å². The van der Waals surface area contributed by atoms with Crippen molar-refractivity contribution in [3.63, 3.8) is 0 Å². The Labute approximate surface area is 147 Å². The van der Waals surface area contributed by atoms with Crippen molar-refractivity contribution in [3.8, 4) is 11.5 Å². The Hall–Kier alpha value is -2.44. The van der Waals surface area contributed by atoms with Gasteiger partial charge in [-0.05, 0) is 37.8 Å². The fourth-order valence-electron chi connectivity index (χ4n) is 3.13. The number of rotatable bonds is 5. The van der Waals surface area contributed by atoms with Crippen LogP contribution < -0.4 is 20.1 Å². The first-order valence-corrected chi connectivity index (χ1v) is 8.69. The molecule has 1 atom stereocenters. The molecule has 2 aliphatic rings. The number of hydrogen-bond acceptors (Lipinski definition) is 4. The van der Waals surface area contributed by atoms with Gasteiger partial charge in [-0.3, -0.25) is 4.79 Å². The van der Waals surface area contributed by atoms with Gasteiger partial charge in [0.2, 0.25) is 5.91 Å². The fraction of sp³-hybridized carbons (Fsp3) is 0.556. The molecule has 0 bridgehead atoms. The highest BCUT2D eigenvalue weighted by Gasteiger charge is 2.35. The van der Waals surface area contributed by atoms with Crippen LogP contribution in [-0.2, 0) is 4.79 Å². The Balaban J connectivity index is 1.56. The molecule has 3 amide bonds. The Morgan fingerprint density at radius 1 is 1.16 bits per heavy atom. The highest BCUT2D eigenvalue weighted by atomic mass is 16.5. The molecule has 1 aromatic rings. The summed E-state index contributed by atoms with van der Waals surface area (Å²) in [5.74, 6) is 1.65. The van der Waals surface area contributed by atoms with E-state index in [1.54, 1.807) is 32.4 Å². The minimum absolute atomic E-state index is 0.0271. The van der Waals surface area contributed by atoms with Gasteiger partial charge in [0.15, 0.2) is 0 Å². The van der Waals surface area contributed by atoms with Gasteiger partial charge in [-0.25, -0.2) is 4.79 Å². The maximum atomic E-state index is 12.3. The zero-order valence-corrected chi connectivity index (χ0v) is 14.7. The lowest BCUT2D eigenvalue weighted by Crippen LogP contribution is -2.50. The largest absolute Gasteiger partial charge is 0.497 e. The third-order valence-electron chi connectivity index (χ3n) is 4.65. The monoisotopic (exact) mass is 347 g/mol. The number of piperidine rings is 1. The first-order valence-electron chi connectivity index (χ1n) is 8.69. The van der Waals surface area contributed by atoms with Crippen molar-refractivity contribution < 1.29 is 19.1 Å². The van der Waals surface area contributed by atoms with E-state index in [-0.39, 0.29) is 23.9 Å². The van der Waals surface area contributed by atoms with E-state index in [4.69, 9.17) is 9.47 Å². The first kappa shape index (κ1) is 17.4. The fourth-order valence-corrected chi connectivity index (χ4v) is 3.13. The molecule has 7 heteroatoms. The van der Waals surface area contributed by atoms with Gasteiger partial charge in [0.25, 0.3) is 0 Å². The Bertz CT molecular complexity index is 645. The number of carbonyl (C=O) groups is 2. The summed E-state index contributed by atoms with van der Waals surface area (Å²) in [6.07, 6.45) is 3.80. The SMILES string of the molecule is COc1ccc(NC(=O)N[C@@H]2CCCN(C(=O)C3CC3)C2)c(OC)c1. The topological polar surface area (TPSA) is 79.9 Å². The van der Waals surface area contributed by atoms with Gasteiger partial charge < -0.3 is 25.0 Å². The molecule has 0 spiro atoms. The van der Waals surface area contributed by atoms with Crippen LogP contribution in [0.25, 0.3) is 0 Å². The molecule has 1 saturated heterocycles. The summed E-state index contributed by atoms with van der Waals surface area (Å²) in [7, 11) is 3.12. The minimum atomic E-state index is -0.297. The van der Waals surface area contributed by atoms with Crippen LogP contribution in [0.4, 0.5) is 10.5 Å². The molecule has 2 N–H and O–H groups in total. The maximum absolute atomic E-state index is 12.3. The summed E-state index contributed by atoms with van der Waals surface area (Å²) in [6.45, 7) is 1.38. The van der Waals surface area contributed by atoms with E-state index in [0.717, 1.165) is 32.2 Å². The highest BCUT2D eigenvalue weighted by molar-refractivity contribution is 5.91. The van der Waals surface area contributed by atoms with E-state index in [9.17, 15) is 9.59 Å². The van der Waals surface area contributed by atoms with Gasteiger partial charge >= 0.3 is 6.03 Å². The lowest BCUT2D eigenvalue weighted by molar-refractivity contribution is -0.133. The lowest BCUT2D eigenvalue weighted by Gasteiger charge is -2.33. The van der Waals surface area contributed by atoms with Gasteiger partial charge in [-0.1, -0.05) is 0 Å². The number of nitrogens with one attached hydrogen (secondary N) is 2. The summed E-state index contributed by atoms with van der Waals surface area (Å²) in [5.41, 5.74) is 0.572. The number of amides is 3. The predicted octanol–water partition coefficient (Wildman–Crippen LogP) is 2.23. The van der Waals surface area contributed by atoms with Crippen LogP contribution in [0.5, 0.6) is 11.5 Å². The van der Waals surface area contributed by atoms with E-state index in [1.807, 2.05) is 4.90 Å². The second-order valence-corrected chi connectivity index (χ2v) is 6.56. The average Bonchev–Trinajstić information content (AvgIpc) is 3.46. The smallest absolute Gasteiger partial charge is 0.319 e. The number of hydrogen-bond donors (Lipinski definition) is 2. The lowest BCUT2D eigenvalue weighted by atomic mass is 10.1. The molecule has 0 unspecified atom stereocenters. The molecule has 2 fully saturated rings. The molecule has 1 aliphatic carbocycles. The number of urea groups is 1. The van der Waals surface area contributed by atoms with Crippen molar-refractivity contribution in [3.05, 3.63) is 18.2 Å². The average molecular weight is 347 g/mol. The van der Waals surface area contributed by atoms with E-state index in [2.05, 4.69) is 10.6 Å². The van der Waals surface area contributed by atoms with Crippen molar-refractivity contribution in [1.29, 1.82) is 0 Å². The summed E-state index contributed by atoms with van der Waals surface area (Å²) in [5, 5.41) is 5.77. The number of carbonyl (C=O) groups excluding carboxylic acids is 2.